The predicted molar refractivity (Wildman–Crippen MR) is 74.6 cm³/mol. The molecule has 3 N–H and O–H groups in total. The summed E-state index contributed by atoms with van der Waals surface area (Å²) < 4.78 is 0. The van der Waals surface area contributed by atoms with Gasteiger partial charge in [-0.25, -0.2) is 9.97 Å². The SMILES string of the molecule is CCCNc1ncc(C(=O)Nc2ncc[nH]2)cc1Cl. The summed E-state index contributed by atoms with van der Waals surface area (Å²) >= 11 is 6.06. The van der Waals surface area contributed by atoms with E-state index in [4.69, 9.17) is 11.6 Å². The van der Waals surface area contributed by atoms with Gasteiger partial charge in [-0.3, -0.25) is 10.1 Å². The summed E-state index contributed by atoms with van der Waals surface area (Å²) in [6.45, 7) is 2.83. The molecule has 0 saturated heterocycles. The topological polar surface area (TPSA) is 82.7 Å². The molecule has 0 aliphatic rings. The fourth-order valence-corrected chi connectivity index (χ4v) is 1.68. The average molecular weight is 280 g/mol. The fourth-order valence-electron chi connectivity index (χ4n) is 1.45. The number of hydrogen-bond donors (Lipinski definition) is 3. The van der Waals surface area contributed by atoms with Gasteiger partial charge in [0.25, 0.3) is 5.91 Å². The van der Waals surface area contributed by atoms with Crippen molar-refractivity contribution in [1.29, 1.82) is 0 Å². The van der Waals surface area contributed by atoms with Crippen molar-refractivity contribution in [3.05, 3.63) is 35.2 Å². The molecule has 1 amide bonds. The molecule has 0 unspecified atom stereocenters. The van der Waals surface area contributed by atoms with Gasteiger partial charge in [0.2, 0.25) is 5.95 Å². The summed E-state index contributed by atoms with van der Waals surface area (Å²) in [6, 6.07) is 1.57. The summed E-state index contributed by atoms with van der Waals surface area (Å²) in [5.41, 5.74) is 0.378. The number of imidazole rings is 1. The first-order chi connectivity index (χ1) is 9.20. The van der Waals surface area contributed by atoms with Crippen molar-refractivity contribution in [2.24, 2.45) is 0 Å². The number of carbonyl (C=O) groups is 1. The Balaban J connectivity index is 2.08. The number of pyridine rings is 1. The summed E-state index contributed by atoms with van der Waals surface area (Å²) in [6.07, 6.45) is 5.62. The van der Waals surface area contributed by atoms with E-state index >= 15 is 0 Å². The third-order valence-electron chi connectivity index (χ3n) is 2.38. The molecule has 2 aromatic heterocycles. The van der Waals surface area contributed by atoms with Crippen molar-refractivity contribution in [3.63, 3.8) is 0 Å². The van der Waals surface area contributed by atoms with E-state index in [1.165, 1.54) is 6.20 Å². The van der Waals surface area contributed by atoms with Crippen molar-refractivity contribution >= 4 is 29.3 Å². The fraction of sp³-hybridized carbons (Fsp3) is 0.250. The van der Waals surface area contributed by atoms with Crippen LogP contribution in [0.2, 0.25) is 5.02 Å². The number of hydrogen-bond acceptors (Lipinski definition) is 4. The third-order valence-corrected chi connectivity index (χ3v) is 2.66. The average Bonchev–Trinajstić information content (AvgIpc) is 2.90. The Bertz CT molecular complexity index is 555. The molecule has 0 radical (unpaired) electrons. The van der Waals surface area contributed by atoms with E-state index in [0.29, 0.717) is 22.4 Å². The van der Waals surface area contributed by atoms with Gasteiger partial charge in [0.15, 0.2) is 0 Å². The molecular weight excluding hydrogens is 266 g/mol. The smallest absolute Gasteiger partial charge is 0.259 e. The minimum atomic E-state index is -0.314. The molecule has 2 rings (SSSR count). The highest BCUT2D eigenvalue weighted by Gasteiger charge is 2.10. The number of halogens is 1. The highest BCUT2D eigenvalue weighted by molar-refractivity contribution is 6.33. The van der Waals surface area contributed by atoms with E-state index in [-0.39, 0.29) is 5.91 Å². The highest BCUT2D eigenvalue weighted by Crippen LogP contribution is 2.20. The van der Waals surface area contributed by atoms with Crippen LogP contribution in [0.3, 0.4) is 0 Å². The third kappa shape index (κ3) is 3.45. The van der Waals surface area contributed by atoms with Crippen molar-refractivity contribution in [2.75, 3.05) is 17.2 Å². The van der Waals surface area contributed by atoms with Crippen LogP contribution >= 0.6 is 11.6 Å². The quantitative estimate of drug-likeness (QED) is 0.785. The number of aromatic amines is 1. The molecule has 0 spiro atoms. The van der Waals surface area contributed by atoms with Gasteiger partial charge in [-0.1, -0.05) is 18.5 Å². The van der Waals surface area contributed by atoms with E-state index < -0.39 is 0 Å². The van der Waals surface area contributed by atoms with E-state index in [2.05, 4.69) is 25.6 Å². The Hall–Kier alpha value is -2.08. The molecule has 0 aliphatic carbocycles. The van der Waals surface area contributed by atoms with E-state index in [0.717, 1.165) is 13.0 Å². The number of amides is 1. The Morgan fingerprint density at radius 1 is 1.47 bits per heavy atom. The first-order valence-electron chi connectivity index (χ1n) is 5.91. The van der Waals surface area contributed by atoms with Crippen LogP contribution in [-0.4, -0.2) is 27.4 Å². The molecular formula is C12H14ClN5O. The van der Waals surface area contributed by atoms with Crippen molar-refractivity contribution in [3.8, 4) is 0 Å². The summed E-state index contributed by atoms with van der Waals surface area (Å²) in [7, 11) is 0. The van der Waals surface area contributed by atoms with Crippen LogP contribution in [0.4, 0.5) is 11.8 Å². The number of anilines is 2. The molecule has 0 aliphatic heterocycles. The zero-order valence-electron chi connectivity index (χ0n) is 10.4. The molecule has 100 valence electrons. The van der Waals surface area contributed by atoms with Gasteiger partial charge < -0.3 is 10.3 Å². The van der Waals surface area contributed by atoms with Gasteiger partial charge in [0, 0.05) is 25.1 Å². The number of nitrogens with one attached hydrogen (secondary N) is 3. The number of rotatable bonds is 5. The molecule has 7 heteroatoms. The summed E-state index contributed by atoms with van der Waals surface area (Å²) in [5, 5.41) is 6.10. The summed E-state index contributed by atoms with van der Waals surface area (Å²) in [4.78, 5) is 22.7. The van der Waals surface area contributed by atoms with Crippen molar-refractivity contribution < 1.29 is 4.79 Å². The monoisotopic (exact) mass is 279 g/mol. The molecule has 0 fully saturated rings. The number of nitrogens with zero attached hydrogens (tertiary/aromatic N) is 2. The second-order valence-corrected chi connectivity index (χ2v) is 4.28. The van der Waals surface area contributed by atoms with Crippen molar-refractivity contribution in [1.82, 2.24) is 15.0 Å². The van der Waals surface area contributed by atoms with E-state index in [9.17, 15) is 4.79 Å². The van der Waals surface area contributed by atoms with Crippen LogP contribution in [-0.2, 0) is 0 Å². The highest BCUT2D eigenvalue weighted by atomic mass is 35.5. The van der Waals surface area contributed by atoms with Gasteiger partial charge in [-0.2, -0.15) is 0 Å². The molecule has 2 aromatic rings. The van der Waals surface area contributed by atoms with Gasteiger partial charge >= 0.3 is 0 Å². The molecule has 19 heavy (non-hydrogen) atoms. The molecule has 0 bridgehead atoms. The van der Waals surface area contributed by atoms with Gasteiger partial charge in [-0.05, 0) is 12.5 Å². The maximum atomic E-state index is 11.9. The summed E-state index contributed by atoms with van der Waals surface area (Å²) in [5.74, 6) is 0.652. The molecule has 0 aromatic carbocycles. The van der Waals surface area contributed by atoms with Gasteiger partial charge in [0.05, 0.1) is 10.6 Å². The molecule has 0 atom stereocenters. The van der Waals surface area contributed by atoms with Crippen LogP contribution in [0, 0.1) is 0 Å². The Labute approximate surface area is 115 Å². The van der Waals surface area contributed by atoms with Crippen LogP contribution in [0.25, 0.3) is 0 Å². The van der Waals surface area contributed by atoms with E-state index in [1.54, 1.807) is 18.5 Å². The second-order valence-electron chi connectivity index (χ2n) is 3.87. The maximum Gasteiger partial charge on any atom is 0.259 e. The number of carbonyl (C=O) groups excluding carboxylic acids is 1. The number of aromatic nitrogens is 3. The van der Waals surface area contributed by atoms with Crippen molar-refractivity contribution in [2.45, 2.75) is 13.3 Å². The molecule has 6 nitrogen and oxygen atoms in total. The zero-order chi connectivity index (χ0) is 13.7. The normalized spacial score (nSPS) is 10.2. The minimum Gasteiger partial charge on any atom is -0.369 e. The first kappa shape index (κ1) is 13.4. The Kier molecular flexibility index (Phi) is 4.35. The number of H-pyrrole nitrogens is 1. The standard InChI is InChI=1S/C12H14ClN5O/c1-2-3-14-10-9(13)6-8(7-17-10)11(19)18-12-15-4-5-16-12/h4-7H,2-3H2,1H3,(H,14,17)(H2,15,16,18,19). The van der Waals surface area contributed by atoms with Crippen LogP contribution in [0.5, 0.6) is 0 Å². The Morgan fingerprint density at radius 3 is 2.95 bits per heavy atom. The Morgan fingerprint density at radius 2 is 2.32 bits per heavy atom. The molecule has 0 saturated carbocycles. The van der Waals surface area contributed by atoms with Crippen LogP contribution in [0.1, 0.15) is 23.7 Å². The lowest BCUT2D eigenvalue weighted by atomic mass is 10.2. The lowest BCUT2D eigenvalue weighted by Gasteiger charge is -2.07. The van der Waals surface area contributed by atoms with Gasteiger partial charge in [0.1, 0.15) is 5.82 Å². The largest absolute Gasteiger partial charge is 0.369 e. The molecule has 2 heterocycles. The second kappa shape index (κ2) is 6.19. The zero-order valence-corrected chi connectivity index (χ0v) is 11.2. The predicted octanol–water partition coefficient (Wildman–Crippen LogP) is 2.53. The first-order valence-corrected chi connectivity index (χ1v) is 6.28. The minimum absolute atomic E-state index is 0.314. The van der Waals surface area contributed by atoms with Gasteiger partial charge in [-0.15, -0.1) is 0 Å². The lowest BCUT2D eigenvalue weighted by molar-refractivity contribution is 0.102. The maximum absolute atomic E-state index is 11.9. The lowest BCUT2D eigenvalue weighted by Crippen LogP contribution is -2.14. The van der Waals surface area contributed by atoms with E-state index in [1.807, 2.05) is 6.92 Å². The van der Waals surface area contributed by atoms with Crippen LogP contribution in [0.15, 0.2) is 24.7 Å². The van der Waals surface area contributed by atoms with Crippen LogP contribution < -0.4 is 10.6 Å².